The third-order valence-corrected chi connectivity index (χ3v) is 2.59. The molecule has 0 aliphatic heterocycles. The van der Waals surface area contributed by atoms with Crippen molar-refractivity contribution in [3.05, 3.63) is 33.3 Å². The quantitative estimate of drug-likeness (QED) is 0.551. The minimum absolute atomic E-state index is 0.169. The molecule has 0 N–H and O–H groups in total. The van der Waals surface area contributed by atoms with Crippen LogP contribution in [0.3, 0.4) is 0 Å². The molecular formula is C9H7BrF2O. The molecule has 0 radical (unpaired) electrons. The molecule has 0 atom stereocenters. The third kappa shape index (κ3) is 1.77. The summed E-state index contributed by atoms with van der Waals surface area (Å²) in [4.78, 5) is 10.9. The molecule has 1 aromatic rings. The predicted octanol–water partition coefficient (Wildman–Crippen LogP) is 3.24. The Labute approximate surface area is 82.9 Å². The zero-order valence-electron chi connectivity index (χ0n) is 7.12. The predicted molar refractivity (Wildman–Crippen MR) is 48.8 cm³/mol. The fraction of sp³-hybridized carbons (Fsp3) is 0.222. The van der Waals surface area contributed by atoms with Gasteiger partial charge in [-0.15, -0.1) is 0 Å². The monoisotopic (exact) mass is 248 g/mol. The van der Waals surface area contributed by atoms with Crippen molar-refractivity contribution in [1.82, 2.24) is 0 Å². The largest absolute Gasteiger partial charge is 0.294 e. The van der Waals surface area contributed by atoms with Gasteiger partial charge in [-0.1, -0.05) is 15.9 Å². The van der Waals surface area contributed by atoms with Gasteiger partial charge in [0, 0.05) is 10.0 Å². The minimum Gasteiger partial charge on any atom is -0.294 e. The van der Waals surface area contributed by atoms with Gasteiger partial charge in [0.25, 0.3) is 0 Å². The number of hydrogen-bond acceptors (Lipinski definition) is 1. The van der Waals surface area contributed by atoms with Gasteiger partial charge in [-0.2, -0.15) is 0 Å². The summed E-state index contributed by atoms with van der Waals surface area (Å²) in [6.45, 7) is 2.63. The van der Waals surface area contributed by atoms with Crippen molar-refractivity contribution in [2.45, 2.75) is 13.8 Å². The van der Waals surface area contributed by atoms with Gasteiger partial charge in [-0.25, -0.2) is 8.78 Å². The Kier molecular flexibility index (Phi) is 2.81. The second kappa shape index (κ2) is 3.54. The van der Waals surface area contributed by atoms with E-state index in [0.717, 1.165) is 0 Å². The summed E-state index contributed by atoms with van der Waals surface area (Å²) in [6.07, 6.45) is 0. The molecule has 0 spiro atoms. The molecule has 70 valence electrons. The van der Waals surface area contributed by atoms with Gasteiger partial charge < -0.3 is 0 Å². The smallest absolute Gasteiger partial charge is 0.169 e. The maximum absolute atomic E-state index is 13.1. The molecule has 0 aromatic heterocycles. The van der Waals surface area contributed by atoms with Gasteiger partial charge in [-0.05, 0) is 19.9 Å². The van der Waals surface area contributed by atoms with E-state index in [9.17, 15) is 13.6 Å². The fourth-order valence-corrected chi connectivity index (χ4v) is 1.35. The van der Waals surface area contributed by atoms with Crippen LogP contribution in [0.15, 0.2) is 10.5 Å². The first kappa shape index (κ1) is 10.3. The average Bonchev–Trinajstić information content (AvgIpc) is 2.07. The van der Waals surface area contributed by atoms with Gasteiger partial charge in [-0.3, -0.25) is 4.79 Å². The lowest BCUT2D eigenvalue weighted by Crippen LogP contribution is -2.02. The second-order valence-electron chi connectivity index (χ2n) is 2.72. The summed E-state index contributed by atoms with van der Waals surface area (Å²) in [5, 5.41) is 0. The second-order valence-corrected chi connectivity index (χ2v) is 3.57. The fourth-order valence-electron chi connectivity index (χ4n) is 0.942. The first-order valence-corrected chi connectivity index (χ1v) is 4.39. The van der Waals surface area contributed by atoms with Crippen LogP contribution < -0.4 is 0 Å². The average molecular weight is 249 g/mol. The SMILES string of the molecule is CC(=O)c1cc(Br)c(C)c(F)c1F. The summed E-state index contributed by atoms with van der Waals surface area (Å²) < 4.78 is 26.5. The number of hydrogen-bond donors (Lipinski definition) is 0. The molecular weight excluding hydrogens is 242 g/mol. The highest BCUT2D eigenvalue weighted by molar-refractivity contribution is 9.10. The molecule has 0 heterocycles. The zero-order valence-corrected chi connectivity index (χ0v) is 8.71. The molecule has 0 fully saturated rings. The van der Waals surface area contributed by atoms with Crippen molar-refractivity contribution in [2.75, 3.05) is 0 Å². The van der Waals surface area contributed by atoms with Crippen molar-refractivity contribution in [2.24, 2.45) is 0 Å². The first-order valence-electron chi connectivity index (χ1n) is 3.60. The maximum Gasteiger partial charge on any atom is 0.169 e. The van der Waals surface area contributed by atoms with E-state index in [0.29, 0.717) is 4.47 Å². The highest BCUT2D eigenvalue weighted by Gasteiger charge is 2.16. The lowest BCUT2D eigenvalue weighted by molar-refractivity contribution is 0.101. The highest BCUT2D eigenvalue weighted by atomic mass is 79.9. The summed E-state index contributed by atoms with van der Waals surface area (Å²) in [7, 11) is 0. The van der Waals surface area contributed by atoms with Crippen molar-refractivity contribution < 1.29 is 13.6 Å². The molecule has 0 unspecified atom stereocenters. The number of carbonyl (C=O) groups excluding carboxylic acids is 1. The number of rotatable bonds is 1. The normalized spacial score (nSPS) is 10.2. The summed E-state index contributed by atoms with van der Waals surface area (Å²) in [6, 6.07) is 1.29. The summed E-state index contributed by atoms with van der Waals surface area (Å²) >= 11 is 3.04. The van der Waals surface area contributed by atoms with Crippen LogP contribution in [-0.4, -0.2) is 5.78 Å². The Balaban J connectivity index is 3.50. The van der Waals surface area contributed by atoms with Gasteiger partial charge in [0.1, 0.15) is 0 Å². The van der Waals surface area contributed by atoms with E-state index in [2.05, 4.69) is 15.9 Å². The van der Waals surface area contributed by atoms with Crippen LogP contribution in [0.1, 0.15) is 22.8 Å². The molecule has 0 aliphatic carbocycles. The molecule has 1 rings (SSSR count). The molecule has 0 aliphatic rings. The molecule has 1 aromatic carbocycles. The summed E-state index contributed by atoms with van der Waals surface area (Å²) in [5.41, 5.74) is -0.0579. The van der Waals surface area contributed by atoms with E-state index in [4.69, 9.17) is 0 Å². The van der Waals surface area contributed by atoms with Crippen LogP contribution in [0.25, 0.3) is 0 Å². The molecule has 0 bridgehead atoms. The van der Waals surface area contributed by atoms with E-state index in [-0.39, 0.29) is 11.1 Å². The van der Waals surface area contributed by atoms with Crippen molar-refractivity contribution in [1.29, 1.82) is 0 Å². The lowest BCUT2D eigenvalue weighted by atomic mass is 10.1. The molecule has 1 nitrogen and oxygen atoms in total. The number of benzene rings is 1. The Hall–Kier alpha value is -0.770. The van der Waals surface area contributed by atoms with Crippen molar-refractivity contribution in [3.63, 3.8) is 0 Å². The van der Waals surface area contributed by atoms with Crippen LogP contribution in [0, 0.1) is 18.6 Å². The Morgan fingerprint density at radius 3 is 2.38 bits per heavy atom. The summed E-state index contributed by atoms with van der Waals surface area (Å²) in [5.74, 6) is -2.54. The van der Waals surface area contributed by atoms with Gasteiger partial charge in [0.2, 0.25) is 0 Å². The van der Waals surface area contributed by atoms with Crippen LogP contribution in [0.2, 0.25) is 0 Å². The standard InChI is InChI=1S/C9H7BrF2O/c1-4-7(10)3-6(5(2)13)9(12)8(4)11/h3H,1-2H3. The van der Waals surface area contributed by atoms with Crippen molar-refractivity contribution in [3.8, 4) is 0 Å². The minimum atomic E-state index is -1.08. The Morgan fingerprint density at radius 2 is 1.92 bits per heavy atom. The van der Waals surface area contributed by atoms with E-state index in [1.165, 1.54) is 19.9 Å². The van der Waals surface area contributed by atoms with E-state index < -0.39 is 17.4 Å². The first-order chi connectivity index (χ1) is 5.95. The number of halogens is 3. The van der Waals surface area contributed by atoms with Gasteiger partial charge in [0.05, 0.1) is 5.56 Å². The molecule has 13 heavy (non-hydrogen) atoms. The molecule has 0 saturated heterocycles. The van der Waals surface area contributed by atoms with Crippen LogP contribution in [-0.2, 0) is 0 Å². The maximum atomic E-state index is 13.1. The van der Waals surface area contributed by atoms with E-state index >= 15 is 0 Å². The highest BCUT2D eigenvalue weighted by Crippen LogP contribution is 2.24. The molecule has 4 heteroatoms. The lowest BCUT2D eigenvalue weighted by Gasteiger charge is -2.04. The van der Waals surface area contributed by atoms with E-state index in [1.54, 1.807) is 0 Å². The number of carbonyl (C=O) groups is 1. The van der Waals surface area contributed by atoms with Gasteiger partial charge >= 0.3 is 0 Å². The van der Waals surface area contributed by atoms with Crippen LogP contribution >= 0.6 is 15.9 Å². The van der Waals surface area contributed by atoms with Crippen LogP contribution in [0.5, 0.6) is 0 Å². The number of Topliss-reactive ketones (excluding diaryl/α,β-unsaturated/α-hetero) is 1. The molecule has 0 saturated carbocycles. The number of ketones is 1. The Bertz CT molecular complexity index is 374. The third-order valence-electron chi connectivity index (χ3n) is 1.77. The Morgan fingerprint density at radius 1 is 1.38 bits per heavy atom. The molecule has 0 amide bonds. The van der Waals surface area contributed by atoms with Crippen molar-refractivity contribution >= 4 is 21.7 Å². The topological polar surface area (TPSA) is 17.1 Å². The van der Waals surface area contributed by atoms with Gasteiger partial charge in [0.15, 0.2) is 17.4 Å². The van der Waals surface area contributed by atoms with Crippen LogP contribution in [0.4, 0.5) is 8.78 Å². The zero-order chi connectivity index (χ0) is 10.2. The van der Waals surface area contributed by atoms with E-state index in [1.807, 2.05) is 0 Å².